The van der Waals surface area contributed by atoms with Crippen LogP contribution in [0.25, 0.3) is 94.7 Å². The molecule has 0 atom stereocenters. The van der Waals surface area contributed by atoms with Crippen LogP contribution < -0.4 is 0 Å². The SMILES string of the molecule is c1ccc(-c2ccc(-c3cccc4c3c3ccccc3n4-c3nc(-c4ccccc4)nc(-c4cccc5oc6ccncc6c45)n3)cc2)cc1. The summed E-state index contributed by atoms with van der Waals surface area (Å²) in [6, 6.07) is 52.2. The molecule has 6 aromatic carbocycles. The molecule has 10 rings (SSSR count). The van der Waals surface area contributed by atoms with Crippen molar-refractivity contribution in [1.29, 1.82) is 0 Å². The van der Waals surface area contributed by atoms with Crippen LogP contribution in [0.2, 0.25) is 0 Å². The van der Waals surface area contributed by atoms with Crippen molar-refractivity contribution in [3.05, 3.63) is 164 Å². The fraction of sp³-hybridized carbons (Fsp3) is 0. The highest BCUT2D eigenvalue weighted by molar-refractivity contribution is 6.16. The minimum absolute atomic E-state index is 0.541. The number of hydrogen-bond donors (Lipinski definition) is 0. The smallest absolute Gasteiger partial charge is 0.238 e. The summed E-state index contributed by atoms with van der Waals surface area (Å²) in [6.07, 6.45) is 3.58. The molecule has 4 heterocycles. The van der Waals surface area contributed by atoms with Gasteiger partial charge in [-0.25, -0.2) is 4.98 Å². The second-order valence-corrected chi connectivity index (χ2v) is 12.3. The van der Waals surface area contributed by atoms with Gasteiger partial charge in [-0.2, -0.15) is 9.97 Å². The fourth-order valence-corrected chi connectivity index (χ4v) is 7.11. The van der Waals surface area contributed by atoms with Gasteiger partial charge in [0.25, 0.3) is 0 Å². The van der Waals surface area contributed by atoms with Crippen molar-refractivity contribution in [3.63, 3.8) is 0 Å². The number of rotatable bonds is 5. The fourth-order valence-electron chi connectivity index (χ4n) is 7.11. The second kappa shape index (κ2) is 11.4. The Bertz CT molecular complexity index is 2860. The summed E-state index contributed by atoms with van der Waals surface area (Å²) in [5.74, 6) is 1.69. The first-order valence-corrected chi connectivity index (χ1v) is 16.6. The molecule has 0 aliphatic rings. The van der Waals surface area contributed by atoms with Gasteiger partial charge < -0.3 is 4.42 Å². The summed E-state index contributed by atoms with van der Waals surface area (Å²) in [6.45, 7) is 0. The van der Waals surface area contributed by atoms with Crippen LogP contribution in [-0.4, -0.2) is 24.5 Å². The zero-order valence-corrected chi connectivity index (χ0v) is 26.7. The molecule has 6 heteroatoms. The van der Waals surface area contributed by atoms with Crippen LogP contribution in [0.3, 0.4) is 0 Å². The predicted octanol–water partition coefficient (Wildman–Crippen LogP) is 10.9. The molecule has 0 spiro atoms. The molecule has 0 saturated carbocycles. The Morgan fingerprint density at radius 2 is 1.08 bits per heavy atom. The third kappa shape index (κ3) is 4.50. The Labute approximate surface area is 287 Å². The van der Waals surface area contributed by atoms with Gasteiger partial charge in [-0.3, -0.25) is 9.55 Å². The van der Waals surface area contributed by atoms with E-state index in [2.05, 4.69) is 101 Å². The normalized spacial score (nSPS) is 11.6. The van der Waals surface area contributed by atoms with Crippen molar-refractivity contribution in [2.45, 2.75) is 0 Å². The third-order valence-corrected chi connectivity index (χ3v) is 9.39. The molecule has 6 nitrogen and oxygen atoms in total. The molecule has 0 unspecified atom stereocenters. The Morgan fingerprint density at radius 1 is 0.420 bits per heavy atom. The second-order valence-electron chi connectivity index (χ2n) is 12.3. The lowest BCUT2D eigenvalue weighted by Gasteiger charge is -2.12. The molecule has 4 aromatic heterocycles. The maximum absolute atomic E-state index is 6.22. The molecular weight excluding hydrogens is 615 g/mol. The molecule has 0 fully saturated rings. The summed E-state index contributed by atoms with van der Waals surface area (Å²) < 4.78 is 8.38. The average Bonchev–Trinajstić information content (AvgIpc) is 3.75. The predicted molar refractivity (Wildman–Crippen MR) is 201 cm³/mol. The van der Waals surface area contributed by atoms with Crippen LogP contribution in [-0.2, 0) is 0 Å². The van der Waals surface area contributed by atoms with Crippen LogP contribution in [0.4, 0.5) is 0 Å². The number of pyridine rings is 1. The Morgan fingerprint density at radius 3 is 1.92 bits per heavy atom. The van der Waals surface area contributed by atoms with Gasteiger partial charge in [-0.1, -0.05) is 127 Å². The quantitative estimate of drug-likeness (QED) is 0.187. The van der Waals surface area contributed by atoms with Crippen molar-refractivity contribution in [3.8, 4) is 51.0 Å². The van der Waals surface area contributed by atoms with Crippen molar-refractivity contribution in [2.24, 2.45) is 0 Å². The molecule has 0 N–H and O–H groups in total. The molecule has 234 valence electrons. The highest BCUT2D eigenvalue weighted by Gasteiger charge is 2.21. The monoisotopic (exact) mass is 641 g/mol. The van der Waals surface area contributed by atoms with Crippen molar-refractivity contribution >= 4 is 43.7 Å². The summed E-state index contributed by atoms with van der Waals surface area (Å²) in [5, 5.41) is 4.12. The molecular formula is C44H27N5O. The van der Waals surface area contributed by atoms with E-state index in [4.69, 9.17) is 19.4 Å². The van der Waals surface area contributed by atoms with Gasteiger partial charge in [-0.15, -0.1) is 0 Å². The Hall–Kier alpha value is -6.92. The summed E-state index contributed by atoms with van der Waals surface area (Å²) >= 11 is 0. The maximum atomic E-state index is 6.22. The van der Waals surface area contributed by atoms with E-state index in [-0.39, 0.29) is 0 Å². The lowest BCUT2D eigenvalue weighted by atomic mass is 9.97. The molecule has 0 amide bonds. The van der Waals surface area contributed by atoms with Gasteiger partial charge in [0.05, 0.1) is 11.0 Å². The summed E-state index contributed by atoms with van der Waals surface area (Å²) in [7, 11) is 0. The molecule has 0 radical (unpaired) electrons. The van der Waals surface area contributed by atoms with Gasteiger partial charge in [-0.05, 0) is 46.5 Å². The molecule has 0 bridgehead atoms. The lowest BCUT2D eigenvalue weighted by Crippen LogP contribution is -2.06. The van der Waals surface area contributed by atoms with Crippen LogP contribution in [0.15, 0.2) is 168 Å². The van der Waals surface area contributed by atoms with E-state index in [9.17, 15) is 0 Å². The first-order chi connectivity index (χ1) is 24.8. The molecule has 0 aliphatic heterocycles. The van der Waals surface area contributed by atoms with Gasteiger partial charge in [0.15, 0.2) is 11.6 Å². The molecule has 0 saturated heterocycles. The van der Waals surface area contributed by atoms with Gasteiger partial charge in [0, 0.05) is 45.1 Å². The van der Waals surface area contributed by atoms with E-state index in [1.165, 1.54) is 11.1 Å². The first-order valence-electron chi connectivity index (χ1n) is 16.6. The number of hydrogen-bond acceptors (Lipinski definition) is 5. The molecule has 10 aromatic rings. The number of nitrogens with zero attached hydrogens (tertiary/aromatic N) is 5. The van der Waals surface area contributed by atoms with Crippen LogP contribution in [0.5, 0.6) is 0 Å². The van der Waals surface area contributed by atoms with E-state index in [1.54, 1.807) is 6.20 Å². The van der Waals surface area contributed by atoms with Crippen LogP contribution in [0, 0.1) is 0 Å². The van der Waals surface area contributed by atoms with E-state index < -0.39 is 0 Å². The number of furan rings is 1. The highest BCUT2D eigenvalue weighted by atomic mass is 16.3. The highest BCUT2D eigenvalue weighted by Crippen LogP contribution is 2.40. The van der Waals surface area contributed by atoms with Crippen molar-refractivity contribution < 1.29 is 4.42 Å². The number of benzene rings is 6. The van der Waals surface area contributed by atoms with E-state index in [1.807, 2.05) is 66.9 Å². The summed E-state index contributed by atoms with van der Waals surface area (Å²) in [5.41, 5.74) is 10.0. The standard InChI is InChI=1S/C44H27N5O/c1-3-11-28(12-4-1)29-21-23-30(24-22-29)32-16-9-19-37-40(32)33-15-7-8-18-36(33)49(37)44-47-42(31-13-5-2-6-14-31)46-43(48-44)34-17-10-20-39-41(34)35-27-45-26-25-38(35)50-39/h1-27H. The lowest BCUT2D eigenvalue weighted by molar-refractivity contribution is 0.668. The first kappa shape index (κ1) is 28.1. The van der Waals surface area contributed by atoms with Gasteiger partial charge >= 0.3 is 0 Å². The third-order valence-electron chi connectivity index (χ3n) is 9.39. The van der Waals surface area contributed by atoms with Crippen molar-refractivity contribution in [2.75, 3.05) is 0 Å². The van der Waals surface area contributed by atoms with E-state index in [0.717, 1.165) is 66.0 Å². The molecule has 50 heavy (non-hydrogen) atoms. The minimum Gasteiger partial charge on any atom is -0.456 e. The van der Waals surface area contributed by atoms with Crippen molar-refractivity contribution in [1.82, 2.24) is 24.5 Å². The minimum atomic E-state index is 0.541. The number of fused-ring (bicyclic) bond motifs is 6. The number of para-hydroxylation sites is 1. The Kier molecular flexibility index (Phi) is 6.39. The van der Waals surface area contributed by atoms with E-state index in [0.29, 0.717) is 17.6 Å². The molecule has 0 aliphatic carbocycles. The van der Waals surface area contributed by atoms with Gasteiger partial charge in [0.2, 0.25) is 5.95 Å². The maximum Gasteiger partial charge on any atom is 0.238 e. The largest absolute Gasteiger partial charge is 0.456 e. The zero-order chi connectivity index (χ0) is 33.0. The van der Waals surface area contributed by atoms with Crippen LogP contribution >= 0.6 is 0 Å². The average molecular weight is 642 g/mol. The zero-order valence-electron chi connectivity index (χ0n) is 26.7. The summed E-state index contributed by atoms with van der Waals surface area (Å²) in [4.78, 5) is 19.9. The number of aromatic nitrogens is 5. The van der Waals surface area contributed by atoms with Gasteiger partial charge in [0.1, 0.15) is 11.2 Å². The topological polar surface area (TPSA) is 69.6 Å². The Balaban J connectivity index is 1.23. The van der Waals surface area contributed by atoms with Crippen LogP contribution in [0.1, 0.15) is 0 Å². The van der Waals surface area contributed by atoms with E-state index >= 15 is 0 Å².